The third-order valence-electron chi connectivity index (χ3n) is 4.18. The van der Waals surface area contributed by atoms with Crippen LogP contribution in [0.3, 0.4) is 0 Å². The minimum atomic E-state index is -3.53. The topological polar surface area (TPSA) is 70.4 Å². The van der Waals surface area contributed by atoms with Crippen LogP contribution in [-0.4, -0.2) is 39.1 Å². The molecule has 0 unspecified atom stereocenters. The molecule has 0 aromatic rings. The largest absolute Gasteiger partial charge is 0.488 e. The minimum absolute atomic E-state index is 0.0899. The highest BCUT2D eigenvalue weighted by Gasteiger charge is 2.38. The molecule has 0 bridgehead atoms. The number of hydrogen-bond donors (Lipinski definition) is 2. The van der Waals surface area contributed by atoms with Gasteiger partial charge < -0.3 is 15.4 Å². The molecule has 0 aromatic heterocycles. The molecular weight excluding hydrogens is 345 g/mol. The molecule has 0 spiro atoms. The monoisotopic (exact) mass is 364 g/mol. The molecule has 0 saturated heterocycles. The van der Waals surface area contributed by atoms with Gasteiger partial charge >= 0.3 is 0 Å². The van der Waals surface area contributed by atoms with E-state index >= 15 is 0 Å². The van der Waals surface area contributed by atoms with Gasteiger partial charge in [0, 0.05) is 19.3 Å². The second-order valence-corrected chi connectivity index (χ2v) is 7.96. The smallest absolute Gasteiger partial charge is 0.227 e. The fourth-order valence-corrected chi connectivity index (χ4v) is 3.21. The van der Waals surface area contributed by atoms with Crippen molar-refractivity contribution in [3.8, 4) is 0 Å². The van der Waals surface area contributed by atoms with Crippen LogP contribution < -0.4 is 10.6 Å². The molecule has 0 amide bonds. The molecule has 8 heteroatoms. The molecule has 3 rings (SSSR count). The Bertz CT molecular complexity index is 988. The van der Waals surface area contributed by atoms with E-state index in [0.717, 1.165) is 35.9 Å². The molecule has 1 aliphatic heterocycles. The van der Waals surface area contributed by atoms with E-state index in [1.807, 2.05) is 18.5 Å². The van der Waals surface area contributed by atoms with Gasteiger partial charge in [-0.2, -0.15) is 4.58 Å². The summed E-state index contributed by atoms with van der Waals surface area (Å²) in [5.41, 5.74) is 5.83. The summed E-state index contributed by atoms with van der Waals surface area (Å²) in [4.78, 5) is -0.137. The summed E-state index contributed by atoms with van der Waals surface area (Å²) >= 11 is 0. The highest BCUT2D eigenvalue weighted by Crippen LogP contribution is 2.32. The van der Waals surface area contributed by atoms with E-state index in [9.17, 15) is 12.8 Å². The van der Waals surface area contributed by atoms with Crippen LogP contribution in [0, 0.1) is 0 Å². The first-order chi connectivity index (χ1) is 11.7. The molecule has 0 atom stereocenters. The molecule has 25 heavy (non-hydrogen) atoms. The summed E-state index contributed by atoms with van der Waals surface area (Å²) < 4.78 is 45.3. The van der Waals surface area contributed by atoms with E-state index in [4.69, 9.17) is 4.74 Å². The van der Waals surface area contributed by atoms with Gasteiger partial charge in [0.1, 0.15) is 12.9 Å². The molecular formula is C17H19FN3O3S+. The molecule has 132 valence electrons. The third-order valence-corrected chi connectivity index (χ3v) is 5.27. The molecule has 0 aromatic carbocycles. The highest BCUT2D eigenvalue weighted by molar-refractivity contribution is 7.94. The van der Waals surface area contributed by atoms with Crippen LogP contribution in [0.2, 0.25) is 0 Å². The van der Waals surface area contributed by atoms with Crippen LogP contribution in [0.15, 0.2) is 63.4 Å². The molecule has 1 heterocycles. The summed E-state index contributed by atoms with van der Waals surface area (Å²) in [5.74, 6) is 0.337. The number of sulfone groups is 1. The van der Waals surface area contributed by atoms with E-state index in [0.29, 0.717) is 11.6 Å². The fraction of sp³-hybridized carbons (Fsp3) is 0.294. The summed E-state index contributed by atoms with van der Waals surface area (Å²) in [5, 5.41) is 6.16. The maximum Gasteiger partial charge on any atom is 0.227 e. The Morgan fingerprint density at radius 1 is 1.40 bits per heavy atom. The van der Waals surface area contributed by atoms with Gasteiger partial charge in [-0.1, -0.05) is 0 Å². The molecule has 2 N–H and O–H groups in total. The van der Waals surface area contributed by atoms with Gasteiger partial charge in [-0.05, 0) is 12.2 Å². The number of nitrogens with zero attached hydrogens (tertiary/aromatic N) is 1. The van der Waals surface area contributed by atoms with Crippen molar-refractivity contribution in [3.05, 3.63) is 63.4 Å². The lowest BCUT2D eigenvalue weighted by Crippen LogP contribution is -2.28. The Hall–Kier alpha value is -2.57. The normalized spacial score (nSPS) is 20.1. The Morgan fingerprint density at radius 2 is 2.12 bits per heavy atom. The number of ether oxygens (including phenoxy) is 1. The van der Waals surface area contributed by atoms with Gasteiger partial charge in [-0.25, -0.2) is 12.8 Å². The predicted octanol–water partition coefficient (Wildman–Crippen LogP) is 1.55. The Morgan fingerprint density at radius 3 is 2.76 bits per heavy atom. The molecule has 6 nitrogen and oxygen atoms in total. The summed E-state index contributed by atoms with van der Waals surface area (Å²) in [6.07, 6.45) is 5.42. The summed E-state index contributed by atoms with van der Waals surface area (Å²) in [6.45, 7) is 1.91. The van der Waals surface area contributed by atoms with Gasteiger partial charge in [0.25, 0.3) is 0 Å². The van der Waals surface area contributed by atoms with Crippen molar-refractivity contribution in [1.29, 1.82) is 0 Å². The van der Waals surface area contributed by atoms with Crippen molar-refractivity contribution in [2.75, 3.05) is 20.4 Å². The van der Waals surface area contributed by atoms with Crippen LogP contribution in [0.5, 0.6) is 0 Å². The highest BCUT2D eigenvalue weighted by atomic mass is 32.2. The predicted molar refractivity (Wildman–Crippen MR) is 92.5 cm³/mol. The number of allylic oxidation sites excluding steroid dienone is 7. The first kappa shape index (κ1) is 17.3. The van der Waals surface area contributed by atoms with Crippen molar-refractivity contribution in [3.63, 3.8) is 0 Å². The fourth-order valence-electron chi connectivity index (χ4n) is 2.61. The minimum Gasteiger partial charge on any atom is -0.488 e. The van der Waals surface area contributed by atoms with Crippen molar-refractivity contribution in [2.45, 2.75) is 13.3 Å². The van der Waals surface area contributed by atoms with Crippen molar-refractivity contribution >= 4 is 15.5 Å². The Kier molecular flexibility index (Phi) is 4.18. The van der Waals surface area contributed by atoms with Crippen LogP contribution in [0.4, 0.5) is 4.39 Å². The lowest BCUT2D eigenvalue weighted by Gasteiger charge is -2.15. The molecule has 0 saturated carbocycles. The Balaban J connectivity index is 2.02. The maximum atomic E-state index is 14.5. The standard InChI is InChI=1S/C17H18FN3O3S/c1-10-16(24-3)17(20-14-9-15(14)21(10)2)19-13-7-5-6-11(8-12(13)18)25(4,22)23/h6-8H,9H2,1-4H3,(H,19,20)/p+1. The molecule has 0 fully saturated rings. The number of methoxy groups -OCH3 is 1. The Labute approximate surface area is 146 Å². The van der Waals surface area contributed by atoms with E-state index in [1.165, 1.54) is 19.3 Å². The van der Waals surface area contributed by atoms with E-state index in [1.54, 1.807) is 0 Å². The second kappa shape index (κ2) is 6.06. The summed E-state index contributed by atoms with van der Waals surface area (Å²) in [6, 6.07) is 0. The van der Waals surface area contributed by atoms with Crippen LogP contribution in [0.25, 0.3) is 0 Å². The number of halogens is 1. The van der Waals surface area contributed by atoms with Gasteiger partial charge in [-0.15, -0.1) is 5.73 Å². The van der Waals surface area contributed by atoms with Gasteiger partial charge in [-0.3, -0.25) is 0 Å². The molecule has 2 aliphatic carbocycles. The maximum absolute atomic E-state index is 14.5. The van der Waals surface area contributed by atoms with Crippen LogP contribution in [-0.2, 0) is 14.6 Å². The average molecular weight is 364 g/mol. The van der Waals surface area contributed by atoms with Crippen LogP contribution in [0.1, 0.15) is 13.3 Å². The lowest BCUT2D eigenvalue weighted by molar-refractivity contribution is -0.437. The van der Waals surface area contributed by atoms with Gasteiger partial charge in [0.2, 0.25) is 17.2 Å². The zero-order valence-corrected chi connectivity index (χ0v) is 15.2. The molecule has 3 aliphatic rings. The number of hydrogen-bond acceptors (Lipinski definition) is 5. The van der Waals surface area contributed by atoms with Crippen molar-refractivity contribution in [1.82, 2.24) is 10.6 Å². The lowest BCUT2D eigenvalue weighted by atomic mass is 10.3. The number of nitrogens with one attached hydrogen (secondary N) is 2. The second-order valence-electron chi connectivity index (χ2n) is 5.94. The van der Waals surface area contributed by atoms with Crippen molar-refractivity contribution in [2.24, 2.45) is 0 Å². The van der Waals surface area contributed by atoms with E-state index < -0.39 is 15.7 Å². The zero-order valence-electron chi connectivity index (χ0n) is 14.4. The van der Waals surface area contributed by atoms with Gasteiger partial charge in [0.15, 0.2) is 15.7 Å². The van der Waals surface area contributed by atoms with Crippen molar-refractivity contribution < 1.29 is 22.1 Å². The van der Waals surface area contributed by atoms with Crippen LogP contribution >= 0.6 is 0 Å². The third kappa shape index (κ3) is 3.31. The van der Waals surface area contributed by atoms with E-state index in [-0.39, 0.29) is 10.6 Å². The zero-order chi connectivity index (χ0) is 18.4. The average Bonchev–Trinajstić information content (AvgIpc) is 3.31. The molecule has 0 radical (unpaired) electrons. The number of rotatable bonds is 4. The quantitative estimate of drug-likeness (QED) is 0.585. The summed E-state index contributed by atoms with van der Waals surface area (Å²) in [7, 11) is -0.0472. The first-order valence-corrected chi connectivity index (χ1v) is 9.47. The van der Waals surface area contributed by atoms with Gasteiger partial charge in [0.05, 0.1) is 29.8 Å². The first-order valence-electron chi connectivity index (χ1n) is 7.58. The SMILES string of the molecule is COC1=C(NC2=C(F)C=C(S(C)(=O)=O)C=C=C2)NC2=C(C2)[N+](C)=C1C. The van der Waals surface area contributed by atoms with E-state index in [2.05, 4.69) is 16.4 Å².